The highest BCUT2D eigenvalue weighted by Gasteiger charge is 2.35. The maximum absolute atomic E-state index is 11.4. The summed E-state index contributed by atoms with van der Waals surface area (Å²) >= 11 is 0. The zero-order valence-electron chi connectivity index (χ0n) is 13.1. The maximum Gasteiger partial charge on any atom is 0.308 e. The van der Waals surface area contributed by atoms with Crippen molar-refractivity contribution in [2.24, 2.45) is 17.8 Å². The number of rotatable bonds is 3. The number of carbonyl (C=O) groups excluding carboxylic acids is 1. The summed E-state index contributed by atoms with van der Waals surface area (Å²) < 4.78 is 5.41. The third-order valence-corrected chi connectivity index (χ3v) is 5.80. The molecule has 118 valence electrons. The van der Waals surface area contributed by atoms with Gasteiger partial charge in [0.25, 0.3) is 0 Å². The Morgan fingerprint density at radius 1 is 1.33 bits per heavy atom. The molecule has 2 aliphatic carbocycles. The molecule has 0 unspecified atom stereocenters. The molecule has 0 spiro atoms. The molecule has 1 saturated carbocycles. The number of aliphatic hydroxyl groups is 1. The minimum atomic E-state index is -0.495. The molecule has 1 N–H and O–H groups in total. The molecular weight excluding hydrogens is 264 g/mol. The van der Waals surface area contributed by atoms with Crippen LogP contribution in [0.5, 0.6) is 0 Å². The topological polar surface area (TPSA) is 46.5 Å². The zero-order chi connectivity index (χ0) is 14.8. The van der Waals surface area contributed by atoms with Crippen LogP contribution in [-0.4, -0.2) is 23.3 Å². The smallest absolute Gasteiger partial charge is 0.308 e. The van der Waals surface area contributed by atoms with Gasteiger partial charge in [-0.15, -0.1) is 0 Å². The van der Waals surface area contributed by atoms with Gasteiger partial charge in [0.05, 0.1) is 12.5 Å². The molecule has 0 aromatic rings. The largest absolute Gasteiger partial charge is 0.462 e. The quantitative estimate of drug-likeness (QED) is 0.638. The highest BCUT2D eigenvalue weighted by atomic mass is 16.5. The van der Waals surface area contributed by atoms with E-state index >= 15 is 0 Å². The Balaban J connectivity index is 1.59. The zero-order valence-corrected chi connectivity index (χ0v) is 13.1. The maximum atomic E-state index is 11.4. The van der Waals surface area contributed by atoms with Crippen LogP contribution in [0.3, 0.4) is 0 Å². The Bertz CT molecular complexity index is 415. The molecule has 0 amide bonds. The number of carbonyl (C=O) groups is 1. The number of allylic oxidation sites excluding steroid dienone is 2. The van der Waals surface area contributed by atoms with Gasteiger partial charge in [-0.25, -0.2) is 0 Å². The summed E-state index contributed by atoms with van der Waals surface area (Å²) in [6.07, 6.45) is 11.3. The van der Waals surface area contributed by atoms with Crippen molar-refractivity contribution in [2.75, 3.05) is 0 Å². The standard InChI is InChI=1S/C18H28O3/c1-12-6-7-13-4-2-3-5-17(13)16(12)9-8-15-10-14(19)11-18(20)21-15/h4,12,14-17,19H,2-3,5-11H2,1H3/t12-,14+,15+,16-,17-/m0/s1. The Kier molecular flexibility index (Phi) is 4.68. The lowest BCUT2D eigenvalue weighted by Gasteiger charge is -2.41. The first-order valence-electron chi connectivity index (χ1n) is 8.70. The van der Waals surface area contributed by atoms with Crippen LogP contribution >= 0.6 is 0 Å². The number of hydrogen-bond acceptors (Lipinski definition) is 3. The van der Waals surface area contributed by atoms with Crippen LogP contribution in [0.25, 0.3) is 0 Å². The monoisotopic (exact) mass is 292 g/mol. The van der Waals surface area contributed by atoms with Gasteiger partial charge in [-0.2, -0.15) is 0 Å². The number of cyclic esters (lactones) is 1. The van der Waals surface area contributed by atoms with Crippen LogP contribution in [0.15, 0.2) is 11.6 Å². The molecule has 1 heterocycles. The second kappa shape index (κ2) is 6.51. The molecule has 3 heteroatoms. The average Bonchev–Trinajstić information content (AvgIpc) is 2.45. The molecule has 3 nitrogen and oxygen atoms in total. The summed E-state index contributed by atoms with van der Waals surface area (Å²) in [5.74, 6) is 2.05. The molecule has 3 rings (SSSR count). The van der Waals surface area contributed by atoms with E-state index in [1.165, 1.54) is 32.1 Å². The highest BCUT2D eigenvalue weighted by Crippen LogP contribution is 2.45. The minimum Gasteiger partial charge on any atom is -0.462 e. The molecule has 2 fully saturated rings. The Morgan fingerprint density at radius 2 is 2.19 bits per heavy atom. The molecular formula is C18H28O3. The molecule has 21 heavy (non-hydrogen) atoms. The molecule has 0 radical (unpaired) electrons. The first-order chi connectivity index (χ1) is 10.1. The average molecular weight is 292 g/mol. The fraction of sp³-hybridized carbons (Fsp3) is 0.833. The molecule has 1 aliphatic heterocycles. The Hall–Kier alpha value is -0.830. The van der Waals surface area contributed by atoms with Crippen molar-refractivity contribution < 1.29 is 14.6 Å². The number of hydrogen-bond donors (Lipinski definition) is 1. The lowest BCUT2D eigenvalue weighted by molar-refractivity contribution is -0.160. The molecule has 1 saturated heterocycles. The summed E-state index contributed by atoms with van der Waals surface area (Å²) in [5, 5.41) is 9.72. The van der Waals surface area contributed by atoms with E-state index in [-0.39, 0.29) is 18.5 Å². The second-order valence-corrected chi connectivity index (χ2v) is 7.28. The van der Waals surface area contributed by atoms with E-state index in [1.54, 1.807) is 5.57 Å². The Labute approximate surface area is 127 Å². The Morgan fingerprint density at radius 3 is 3.00 bits per heavy atom. The van der Waals surface area contributed by atoms with E-state index in [2.05, 4.69) is 13.0 Å². The summed E-state index contributed by atoms with van der Waals surface area (Å²) in [4.78, 5) is 11.4. The predicted molar refractivity (Wildman–Crippen MR) is 81.7 cm³/mol. The van der Waals surface area contributed by atoms with Gasteiger partial charge < -0.3 is 9.84 Å². The van der Waals surface area contributed by atoms with Gasteiger partial charge >= 0.3 is 5.97 Å². The predicted octanol–water partition coefficient (Wildman–Crippen LogP) is 3.61. The van der Waals surface area contributed by atoms with E-state index in [1.807, 2.05) is 0 Å². The van der Waals surface area contributed by atoms with Crippen molar-refractivity contribution in [3.05, 3.63) is 11.6 Å². The van der Waals surface area contributed by atoms with Crippen LogP contribution in [0.2, 0.25) is 0 Å². The summed E-state index contributed by atoms with van der Waals surface area (Å²) in [7, 11) is 0. The van der Waals surface area contributed by atoms with Crippen molar-refractivity contribution in [1.29, 1.82) is 0 Å². The van der Waals surface area contributed by atoms with E-state index in [9.17, 15) is 9.90 Å². The van der Waals surface area contributed by atoms with Crippen LogP contribution in [0.4, 0.5) is 0 Å². The normalized spacial score (nSPS) is 40.2. The van der Waals surface area contributed by atoms with Gasteiger partial charge in [-0.3, -0.25) is 4.79 Å². The van der Waals surface area contributed by atoms with Crippen molar-refractivity contribution in [3.8, 4) is 0 Å². The van der Waals surface area contributed by atoms with Crippen molar-refractivity contribution >= 4 is 5.97 Å². The lowest BCUT2D eigenvalue weighted by atomic mass is 9.65. The highest BCUT2D eigenvalue weighted by molar-refractivity contribution is 5.70. The number of fused-ring (bicyclic) bond motifs is 1. The van der Waals surface area contributed by atoms with Gasteiger partial charge in [0.1, 0.15) is 6.10 Å². The summed E-state index contributed by atoms with van der Waals surface area (Å²) in [6.45, 7) is 2.39. The molecule has 0 bridgehead atoms. The summed E-state index contributed by atoms with van der Waals surface area (Å²) in [5.41, 5.74) is 1.70. The van der Waals surface area contributed by atoms with Gasteiger partial charge in [0, 0.05) is 6.42 Å². The summed E-state index contributed by atoms with van der Waals surface area (Å²) in [6, 6.07) is 0. The SMILES string of the molecule is C[C@H]1CCC2=CCCC[C@@H]2[C@H]1CC[C@@H]1C[C@@H](O)CC(=O)O1. The molecule has 3 aliphatic rings. The first-order valence-corrected chi connectivity index (χ1v) is 8.70. The third kappa shape index (κ3) is 3.50. The van der Waals surface area contributed by atoms with Crippen LogP contribution in [-0.2, 0) is 9.53 Å². The lowest BCUT2D eigenvalue weighted by Crippen LogP contribution is -2.35. The number of aliphatic hydroxyl groups excluding tert-OH is 1. The molecule has 0 aromatic carbocycles. The van der Waals surface area contributed by atoms with Gasteiger partial charge in [0.2, 0.25) is 0 Å². The van der Waals surface area contributed by atoms with Crippen molar-refractivity contribution in [2.45, 2.75) is 76.9 Å². The molecule has 5 atom stereocenters. The van der Waals surface area contributed by atoms with Gasteiger partial charge in [0.15, 0.2) is 0 Å². The van der Waals surface area contributed by atoms with Gasteiger partial charge in [-0.1, -0.05) is 18.6 Å². The first kappa shape index (κ1) is 15.1. The fourth-order valence-electron chi connectivity index (χ4n) is 4.65. The minimum absolute atomic E-state index is 0.0635. The van der Waals surface area contributed by atoms with E-state index in [4.69, 9.17) is 4.74 Å². The fourth-order valence-corrected chi connectivity index (χ4v) is 4.65. The van der Waals surface area contributed by atoms with Crippen LogP contribution < -0.4 is 0 Å². The second-order valence-electron chi connectivity index (χ2n) is 7.28. The van der Waals surface area contributed by atoms with E-state index in [0.717, 1.165) is 30.6 Å². The van der Waals surface area contributed by atoms with Crippen LogP contribution in [0.1, 0.15) is 64.7 Å². The third-order valence-electron chi connectivity index (χ3n) is 5.80. The van der Waals surface area contributed by atoms with Crippen molar-refractivity contribution in [3.63, 3.8) is 0 Å². The number of ether oxygens (including phenoxy) is 1. The van der Waals surface area contributed by atoms with E-state index < -0.39 is 6.10 Å². The van der Waals surface area contributed by atoms with Crippen molar-refractivity contribution in [1.82, 2.24) is 0 Å². The number of esters is 1. The van der Waals surface area contributed by atoms with Crippen LogP contribution in [0, 0.1) is 17.8 Å². The van der Waals surface area contributed by atoms with E-state index in [0.29, 0.717) is 6.42 Å². The molecule has 0 aromatic heterocycles. The van der Waals surface area contributed by atoms with Gasteiger partial charge in [-0.05, 0) is 62.7 Å².